The Bertz CT molecular complexity index is 479. The van der Waals surface area contributed by atoms with Crippen LogP contribution in [0, 0.1) is 18.3 Å². The molecule has 1 aromatic heterocycles. The van der Waals surface area contributed by atoms with Crippen molar-refractivity contribution >= 4 is 0 Å². The van der Waals surface area contributed by atoms with Crippen molar-refractivity contribution in [3.63, 3.8) is 0 Å². The second kappa shape index (κ2) is 3.30. The highest BCUT2D eigenvalue weighted by Gasteiger charge is 2.04. The van der Waals surface area contributed by atoms with E-state index < -0.39 is 0 Å². The number of nitriles is 1. The van der Waals surface area contributed by atoms with Gasteiger partial charge in [-0.15, -0.1) is 0 Å². The minimum Gasteiger partial charge on any atom is -0.339 e. The highest BCUT2D eigenvalue weighted by atomic mass is 16.5. The topological polar surface area (TPSA) is 62.7 Å². The number of rotatable bonds is 1. The molecule has 2 aromatic rings. The summed E-state index contributed by atoms with van der Waals surface area (Å²) in [5, 5.41) is 12.4. The smallest absolute Gasteiger partial charge is 0.223 e. The number of hydrogen-bond donors (Lipinski definition) is 0. The SMILES string of the molecule is Cc1nc(-c2ccc(C#N)cc2)no1. The molecule has 0 aliphatic rings. The number of nitrogens with zero attached hydrogens (tertiary/aromatic N) is 3. The van der Waals surface area contributed by atoms with Gasteiger partial charge in [-0.25, -0.2) is 0 Å². The van der Waals surface area contributed by atoms with E-state index in [1.54, 1.807) is 31.2 Å². The van der Waals surface area contributed by atoms with Crippen molar-refractivity contribution in [2.75, 3.05) is 0 Å². The number of benzene rings is 1. The fourth-order valence-corrected chi connectivity index (χ4v) is 1.11. The van der Waals surface area contributed by atoms with E-state index in [0.717, 1.165) is 5.56 Å². The summed E-state index contributed by atoms with van der Waals surface area (Å²) in [6.45, 7) is 1.74. The number of hydrogen-bond acceptors (Lipinski definition) is 4. The van der Waals surface area contributed by atoms with Crippen LogP contribution in [0.4, 0.5) is 0 Å². The summed E-state index contributed by atoms with van der Waals surface area (Å²) < 4.78 is 4.85. The predicted molar refractivity (Wildman–Crippen MR) is 49.2 cm³/mol. The van der Waals surface area contributed by atoms with Gasteiger partial charge in [0.2, 0.25) is 11.7 Å². The molecule has 0 saturated carbocycles. The van der Waals surface area contributed by atoms with E-state index in [1.807, 2.05) is 6.07 Å². The lowest BCUT2D eigenvalue weighted by Gasteiger charge is -1.92. The zero-order valence-electron chi connectivity index (χ0n) is 7.56. The van der Waals surface area contributed by atoms with Crippen LogP contribution >= 0.6 is 0 Å². The molecule has 0 aliphatic carbocycles. The molecule has 4 nitrogen and oxygen atoms in total. The molecule has 2 rings (SSSR count). The second-order valence-electron chi connectivity index (χ2n) is 2.83. The van der Waals surface area contributed by atoms with Crippen molar-refractivity contribution in [1.82, 2.24) is 10.1 Å². The van der Waals surface area contributed by atoms with Crippen LogP contribution in [0.15, 0.2) is 28.8 Å². The van der Waals surface area contributed by atoms with E-state index in [0.29, 0.717) is 17.3 Å². The van der Waals surface area contributed by atoms with Crippen molar-refractivity contribution in [3.05, 3.63) is 35.7 Å². The maximum atomic E-state index is 8.60. The second-order valence-corrected chi connectivity index (χ2v) is 2.83. The molecule has 68 valence electrons. The van der Waals surface area contributed by atoms with E-state index in [-0.39, 0.29) is 0 Å². The van der Waals surface area contributed by atoms with Crippen molar-refractivity contribution in [2.24, 2.45) is 0 Å². The Hall–Kier alpha value is -2.15. The summed E-state index contributed by atoms with van der Waals surface area (Å²) in [6, 6.07) is 9.08. The van der Waals surface area contributed by atoms with Crippen LogP contribution in [0.5, 0.6) is 0 Å². The van der Waals surface area contributed by atoms with Gasteiger partial charge < -0.3 is 4.52 Å². The fraction of sp³-hybridized carbons (Fsp3) is 0.100. The molecule has 0 amide bonds. The normalized spacial score (nSPS) is 9.71. The zero-order valence-corrected chi connectivity index (χ0v) is 7.56. The van der Waals surface area contributed by atoms with Crippen LogP contribution in [0.1, 0.15) is 11.5 Å². The zero-order chi connectivity index (χ0) is 9.97. The Morgan fingerprint density at radius 1 is 1.29 bits per heavy atom. The molecule has 14 heavy (non-hydrogen) atoms. The van der Waals surface area contributed by atoms with Gasteiger partial charge in [0.25, 0.3) is 0 Å². The maximum absolute atomic E-state index is 8.60. The van der Waals surface area contributed by atoms with Crippen LogP contribution in [-0.4, -0.2) is 10.1 Å². The third-order valence-corrected chi connectivity index (χ3v) is 1.80. The third kappa shape index (κ3) is 1.48. The Kier molecular flexibility index (Phi) is 1.99. The predicted octanol–water partition coefficient (Wildman–Crippen LogP) is 1.92. The summed E-state index contributed by atoms with van der Waals surface area (Å²) in [7, 11) is 0. The standard InChI is InChI=1S/C10H7N3O/c1-7-12-10(13-14-7)9-4-2-8(6-11)3-5-9/h2-5H,1H3. The minimum atomic E-state index is 0.532. The summed E-state index contributed by atoms with van der Waals surface area (Å²) in [6.07, 6.45) is 0. The first-order valence-electron chi connectivity index (χ1n) is 4.10. The fourth-order valence-electron chi connectivity index (χ4n) is 1.11. The molecule has 0 fully saturated rings. The summed E-state index contributed by atoms with van der Waals surface area (Å²) in [5.74, 6) is 1.08. The van der Waals surface area contributed by atoms with Gasteiger partial charge in [-0.3, -0.25) is 0 Å². The largest absolute Gasteiger partial charge is 0.339 e. The summed E-state index contributed by atoms with van der Waals surface area (Å²) >= 11 is 0. The molecular weight excluding hydrogens is 178 g/mol. The van der Waals surface area contributed by atoms with Crippen LogP contribution in [0.2, 0.25) is 0 Å². The summed E-state index contributed by atoms with van der Waals surface area (Å²) in [4.78, 5) is 4.08. The van der Waals surface area contributed by atoms with Crippen molar-refractivity contribution in [2.45, 2.75) is 6.92 Å². The highest BCUT2D eigenvalue weighted by molar-refractivity contribution is 5.55. The minimum absolute atomic E-state index is 0.532. The first-order chi connectivity index (χ1) is 6.79. The van der Waals surface area contributed by atoms with E-state index in [9.17, 15) is 0 Å². The summed E-state index contributed by atoms with van der Waals surface area (Å²) in [5.41, 5.74) is 1.47. The van der Waals surface area contributed by atoms with Gasteiger partial charge in [0.1, 0.15) is 0 Å². The molecule has 1 aromatic carbocycles. The van der Waals surface area contributed by atoms with Gasteiger partial charge >= 0.3 is 0 Å². The maximum Gasteiger partial charge on any atom is 0.223 e. The lowest BCUT2D eigenvalue weighted by molar-refractivity contribution is 0.394. The molecule has 0 bridgehead atoms. The number of aromatic nitrogens is 2. The Morgan fingerprint density at radius 3 is 2.50 bits per heavy atom. The molecule has 0 N–H and O–H groups in total. The van der Waals surface area contributed by atoms with Gasteiger partial charge in [0.15, 0.2) is 0 Å². The van der Waals surface area contributed by atoms with Gasteiger partial charge in [-0.05, 0) is 24.3 Å². The first kappa shape index (κ1) is 8.45. The van der Waals surface area contributed by atoms with Crippen LogP contribution < -0.4 is 0 Å². The molecule has 4 heteroatoms. The van der Waals surface area contributed by atoms with Crippen molar-refractivity contribution in [3.8, 4) is 17.5 Å². The van der Waals surface area contributed by atoms with E-state index in [4.69, 9.17) is 9.78 Å². The van der Waals surface area contributed by atoms with Gasteiger partial charge in [-0.1, -0.05) is 5.16 Å². The van der Waals surface area contributed by atoms with E-state index >= 15 is 0 Å². The Balaban J connectivity index is 2.39. The molecule has 0 radical (unpaired) electrons. The monoisotopic (exact) mass is 185 g/mol. The van der Waals surface area contributed by atoms with Crippen LogP contribution in [0.25, 0.3) is 11.4 Å². The van der Waals surface area contributed by atoms with Crippen LogP contribution in [0.3, 0.4) is 0 Å². The molecule has 0 unspecified atom stereocenters. The van der Waals surface area contributed by atoms with Gasteiger partial charge in [0.05, 0.1) is 11.6 Å². The van der Waals surface area contributed by atoms with Crippen molar-refractivity contribution in [1.29, 1.82) is 5.26 Å². The van der Waals surface area contributed by atoms with Gasteiger partial charge in [-0.2, -0.15) is 10.2 Å². The lowest BCUT2D eigenvalue weighted by Crippen LogP contribution is -1.81. The average molecular weight is 185 g/mol. The van der Waals surface area contributed by atoms with E-state index in [2.05, 4.69) is 10.1 Å². The molecule has 0 aliphatic heterocycles. The van der Waals surface area contributed by atoms with Gasteiger partial charge in [0, 0.05) is 12.5 Å². The van der Waals surface area contributed by atoms with Crippen LogP contribution in [-0.2, 0) is 0 Å². The third-order valence-electron chi connectivity index (χ3n) is 1.80. The molecule has 0 atom stereocenters. The average Bonchev–Trinajstić information content (AvgIpc) is 2.65. The Labute approximate surface area is 80.8 Å². The first-order valence-corrected chi connectivity index (χ1v) is 4.10. The molecule has 1 heterocycles. The molecular formula is C10H7N3O. The molecule has 0 spiro atoms. The number of aryl methyl sites for hydroxylation is 1. The Morgan fingerprint density at radius 2 is 2.00 bits per heavy atom. The van der Waals surface area contributed by atoms with Crippen molar-refractivity contribution < 1.29 is 4.52 Å². The lowest BCUT2D eigenvalue weighted by atomic mass is 10.1. The molecule has 0 saturated heterocycles. The van der Waals surface area contributed by atoms with E-state index in [1.165, 1.54) is 0 Å². The highest BCUT2D eigenvalue weighted by Crippen LogP contribution is 2.15. The quantitative estimate of drug-likeness (QED) is 0.680.